The minimum absolute atomic E-state index is 0.569. The summed E-state index contributed by atoms with van der Waals surface area (Å²) in [6.07, 6.45) is 7.10. The van der Waals surface area contributed by atoms with Crippen LogP contribution in [-0.4, -0.2) is 72.3 Å². The Bertz CT molecular complexity index is 1350. The Labute approximate surface area is 230 Å². The van der Waals surface area contributed by atoms with E-state index < -0.39 is 0 Å². The molecule has 3 aromatic carbocycles. The van der Waals surface area contributed by atoms with Crippen LogP contribution in [-0.2, 0) is 0 Å². The van der Waals surface area contributed by atoms with Crippen molar-refractivity contribution in [2.24, 2.45) is 0 Å². The Morgan fingerprint density at radius 3 is 1.90 bits per heavy atom. The average Bonchev–Trinajstić information content (AvgIpc) is 3.69. The lowest BCUT2D eigenvalue weighted by Gasteiger charge is -2.15. The second-order valence-electron chi connectivity index (χ2n) is 10.4. The van der Waals surface area contributed by atoms with Crippen LogP contribution >= 0.6 is 0 Å². The van der Waals surface area contributed by atoms with Crippen LogP contribution in [0, 0.1) is 0 Å². The van der Waals surface area contributed by atoms with E-state index in [2.05, 4.69) is 44.4 Å². The molecule has 4 aromatic rings. The molecule has 0 spiro atoms. The molecule has 1 N–H and O–H groups in total. The minimum atomic E-state index is 0.569. The number of hydrogen-bond acceptors (Lipinski definition) is 7. The van der Waals surface area contributed by atoms with E-state index in [0.29, 0.717) is 5.95 Å². The lowest BCUT2D eigenvalue weighted by Crippen LogP contribution is -2.25. The van der Waals surface area contributed by atoms with Gasteiger partial charge in [-0.15, -0.1) is 0 Å². The van der Waals surface area contributed by atoms with Crippen molar-refractivity contribution in [1.29, 1.82) is 0 Å². The van der Waals surface area contributed by atoms with Gasteiger partial charge in [0.15, 0.2) is 0 Å². The van der Waals surface area contributed by atoms with Gasteiger partial charge in [0.2, 0.25) is 5.95 Å². The standard InChI is InChI=1S/C32H37N5O2/c1-2-17-36(16-1)20-22-38-28-12-8-25(9-13-28)30-7-5-6-26-24-33-32(35-31(26)30)34-27-10-14-29(15-11-27)39-23-21-37-18-3-4-19-37/h5-15,24H,1-4,16-23H2,(H,33,34,35). The van der Waals surface area contributed by atoms with Gasteiger partial charge < -0.3 is 14.8 Å². The molecule has 7 heteroatoms. The number of fused-ring (bicyclic) bond motifs is 1. The first-order valence-corrected chi connectivity index (χ1v) is 14.2. The van der Waals surface area contributed by atoms with E-state index in [1.165, 1.54) is 51.9 Å². The van der Waals surface area contributed by atoms with Crippen molar-refractivity contribution in [2.45, 2.75) is 25.7 Å². The zero-order valence-electron chi connectivity index (χ0n) is 22.5. The van der Waals surface area contributed by atoms with Crippen molar-refractivity contribution >= 4 is 22.5 Å². The van der Waals surface area contributed by atoms with Gasteiger partial charge in [-0.05, 0) is 93.8 Å². The molecule has 202 valence electrons. The molecular formula is C32H37N5O2. The minimum Gasteiger partial charge on any atom is -0.492 e. The van der Waals surface area contributed by atoms with E-state index in [0.717, 1.165) is 65.5 Å². The van der Waals surface area contributed by atoms with Gasteiger partial charge in [0.1, 0.15) is 24.7 Å². The SMILES string of the molecule is c1cc(-c2ccc(OCCN3CCCC3)cc2)c2nc(Nc3ccc(OCCN4CCCC4)cc3)ncc2c1. The lowest BCUT2D eigenvalue weighted by atomic mass is 10.0. The quantitative estimate of drug-likeness (QED) is 0.259. The highest BCUT2D eigenvalue weighted by Gasteiger charge is 2.12. The molecule has 39 heavy (non-hydrogen) atoms. The van der Waals surface area contributed by atoms with Crippen molar-refractivity contribution in [3.05, 3.63) is 72.9 Å². The van der Waals surface area contributed by atoms with Crippen LogP contribution in [0.3, 0.4) is 0 Å². The molecule has 2 aliphatic heterocycles. The number of para-hydroxylation sites is 1. The zero-order valence-corrected chi connectivity index (χ0v) is 22.5. The van der Waals surface area contributed by atoms with Gasteiger partial charge in [0.05, 0.1) is 5.52 Å². The number of rotatable bonds is 11. The van der Waals surface area contributed by atoms with Gasteiger partial charge in [0.25, 0.3) is 0 Å². The van der Waals surface area contributed by atoms with Crippen molar-refractivity contribution in [3.8, 4) is 22.6 Å². The maximum atomic E-state index is 6.00. The smallest absolute Gasteiger partial charge is 0.227 e. The van der Waals surface area contributed by atoms with Crippen LogP contribution in [0.15, 0.2) is 72.9 Å². The first-order chi connectivity index (χ1) is 19.3. The summed E-state index contributed by atoms with van der Waals surface area (Å²) in [5.41, 5.74) is 4.02. The molecule has 0 unspecified atom stereocenters. The monoisotopic (exact) mass is 523 g/mol. The number of hydrogen-bond donors (Lipinski definition) is 1. The zero-order chi connectivity index (χ0) is 26.3. The van der Waals surface area contributed by atoms with E-state index in [9.17, 15) is 0 Å². The molecule has 2 fully saturated rings. The third kappa shape index (κ3) is 6.67. The average molecular weight is 524 g/mol. The van der Waals surface area contributed by atoms with Gasteiger partial charge in [-0.25, -0.2) is 9.97 Å². The molecule has 7 nitrogen and oxygen atoms in total. The van der Waals surface area contributed by atoms with E-state index in [1.54, 1.807) is 0 Å². The summed E-state index contributed by atoms with van der Waals surface area (Å²) >= 11 is 0. The van der Waals surface area contributed by atoms with Gasteiger partial charge in [-0.3, -0.25) is 9.80 Å². The summed E-state index contributed by atoms with van der Waals surface area (Å²) in [6.45, 7) is 8.20. The summed E-state index contributed by atoms with van der Waals surface area (Å²) in [5.74, 6) is 2.35. The van der Waals surface area contributed by atoms with Crippen molar-refractivity contribution in [1.82, 2.24) is 19.8 Å². The predicted octanol–water partition coefficient (Wildman–Crippen LogP) is 5.99. The molecule has 1 aromatic heterocycles. The van der Waals surface area contributed by atoms with E-state index in [1.807, 2.05) is 48.7 Å². The molecule has 0 saturated carbocycles. The molecule has 2 saturated heterocycles. The Hall–Kier alpha value is -3.68. The van der Waals surface area contributed by atoms with E-state index in [4.69, 9.17) is 14.5 Å². The summed E-state index contributed by atoms with van der Waals surface area (Å²) in [7, 11) is 0. The largest absolute Gasteiger partial charge is 0.492 e. The van der Waals surface area contributed by atoms with Gasteiger partial charge in [-0.2, -0.15) is 0 Å². The highest BCUT2D eigenvalue weighted by atomic mass is 16.5. The van der Waals surface area contributed by atoms with Gasteiger partial charge in [0, 0.05) is 35.9 Å². The Morgan fingerprint density at radius 2 is 1.28 bits per heavy atom. The topological polar surface area (TPSA) is 62.8 Å². The Balaban J connectivity index is 1.09. The number of ether oxygens (including phenoxy) is 2. The highest BCUT2D eigenvalue weighted by molar-refractivity contribution is 5.94. The van der Waals surface area contributed by atoms with Crippen LogP contribution in [0.1, 0.15) is 25.7 Å². The number of likely N-dealkylation sites (tertiary alicyclic amines) is 2. The number of anilines is 2. The predicted molar refractivity (Wildman–Crippen MR) is 157 cm³/mol. The number of nitrogens with one attached hydrogen (secondary N) is 1. The van der Waals surface area contributed by atoms with Crippen LogP contribution in [0.25, 0.3) is 22.0 Å². The van der Waals surface area contributed by atoms with Gasteiger partial charge in [-0.1, -0.05) is 30.3 Å². The third-order valence-electron chi connectivity index (χ3n) is 7.64. The highest BCUT2D eigenvalue weighted by Crippen LogP contribution is 2.30. The molecule has 3 heterocycles. The second-order valence-corrected chi connectivity index (χ2v) is 10.4. The summed E-state index contributed by atoms with van der Waals surface area (Å²) < 4.78 is 11.9. The van der Waals surface area contributed by atoms with Gasteiger partial charge >= 0.3 is 0 Å². The van der Waals surface area contributed by atoms with Crippen molar-refractivity contribution in [3.63, 3.8) is 0 Å². The van der Waals surface area contributed by atoms with Crippen LogP contribution < -0.4 is 14.8 Å². The maximum Gasteiger partial charge on any atom is 0.227 e. The molecule has 6 rings (SSSR count). The molecule has 0 amide bonds. The Kier molecular flexibility index (Phi) is 8.17. The van der Waals surface area contributed by atoms with Crippen molar-refractivity contribution < 1.29 is 9.47 Å². The summed E-state index contributed by atoms with van der Waals surface area (Å²) in [4.78, 5) is 14.4. The van der Waals surface area contributed by atoms with Crippen LogP contribution in [0.2, 0.25) is 0 Å². The molecular weight excluding hydrogens is 486 g/mol. The number of nitrogens with zero attached hydrogens (tertiary/aromatic N) is 4. The maximum absolute atomic E-state index is 6.00. The van der Waals surface area contributed by atoms with Crippen LogP contribution in [0.5, 0.6) is 11.5 Å². The number of aromatic nitrogens is 2. The molecule has 0 bridgehead atoms. The van der Waals surface area contributed by atoms with Crippen molar-refractivity contribution in [2.75, 3.05) is 57.8 Å². The normalized spacial score (nSPS) is 16.1. The first kappa shape index (κ1) is 25.6. The lowest BCUT2D eigenvalue weighted by molar-refractivity contribution is 0.237. The van der Waals surface area contributed by atoms with Crippen LogP contribution in [0.4, 0.5) is 11.6 Å². The summed E-state index contributed by atoms with van der Waals surface area (Å²) in [6, 6.07) is 22.5. The summed E-state index contributed by atoms with van der Waals surface area (Å²) in [5, 5.41) is 4.35. The number of benzene rings is 3. The Morgan fingerprint density at radius 1 is 0.692 bits per heavy atom. The fraction of sp³-hybridized carbons (Fsp3) is 0.375. The first-order valence-electron chi connectivity index (χ1n) is 14.2. The fourth-order valence-corrected chi connectivity index (χ4v) is 5.44. The fourth-order valence-electron chi connectivity index (χ4n) is 5.44. The second kappa shape index (κ2) is 12.5. The van der Waals surface area contributed by atoms with E-state index >= 15 is 0 Å². The molecule has 0 atom stereocenters. The third-order valence-corrected chi connectivity index (χ3v) is 7.64. The molecule has 2 aliphatic rings. The molecule has 0 radical (unpaired) electrons. The van der Waals surface area contributed by atoms with E-state index in [-0.39, 0.29) is 0 Å². The molecule has 0 aliphatic carbocycles.